The highest BCUT2D eigenvalue weighted by atomic mass is 32.2. The number of ether oxygens (including phenoxy) is 2. The van der Waals surface area contributed by atoms with Crippen molar-refractivity contribution in [3.8, 4) is 5.75 Å². The minimum atomic E-state index is -4.01. The lowest BCUT2D eigenvalue weighted by Crippen LogP contribution is -2.47. The maximum Gasteiger partial charge on any atom is 0.338 e. The monoisotopic (exact) mass is 448 g/mol. The van der Waals surface area contributed by atoms with Crippen LogP contribution < -0.4 is 15.4 Å². The van der Waals surface area contributed by atoms with Crippen molar-refractivity contribution in [2.75, 3.05) is 19.5 Å². The molecule has 1 atom stereocenters. The van der Waals surface area contributed by atoms with Crippen LogP contribution in [-0.2, 0) is 19.4 Å². The van der Waals surface area contributed by atoms with E-state index < -0.39 is 39.4 Å². The van der Waals surface area contributed by atoms with Gasteiger partial charge in [-0.2, -0.15) is 0 Å². The molecule has 0 bridgehead atoms. The molecule has 1 aliphatic heterocycles. The quantitative estimate of drug-likeness (QED) is 0.497. The Bertz CT molecular complexity index is 1130. The number of esters is 1. The fourth-order valence-electron chi connectivity index (χ4n) is 3.24. The lowest BCUT2D eigenvalue weighted by molar-refractivity contribution is -0.139. The number of carbonyl (C=O) groups is 2. The molecule has 10 heteroatoms. The van der Waals surface area contributed by atoms with Gasteiger partial charge in [0.2, 0.25) is 0 Å². The largest absolute Gasteiger partial charge is 0.496 e. The Hall–Kier alpha value is -3.40. The summed E-state index contributed by atoms with van der Waals surface area (Å²) in [5.41, 5.74) is 0.277. The van der Waals surface area contributed by atoms with E-state index in [0.29, 0.717) is 11.3 Å². The molecule has 164 valence electrons. The molecule has 8 nitrogen and oxygen atoms in total. The maximum absolute atomic E-state index is 13.2. The Balaban J connectivity index is 2.13. The number of benzene rings is 2. The van der Waals surface area contributed by atoms with Crippen LogP contribution in [0.25, 0.3) is 0 Å². The van der Waals surface area contributed by atoms with Gasteiger partial charge in [0.25, 0.3) is 0 Å². The van der Waals surface area contributed by atoms with Crippen molar-refractivity contribution in [1.29, 1.82) is 0 Å². The second kappa shape index (κ2) is 9.17. The molecule has 0 fully saturated rings. The number of sulfone groups is 1. The molecule has 2 aromatic carbocycles. The number of nitrogens with one attached hydrogen (secondary N) is 2. The summed E-state index contributed by atoms with van der Waals surface area (Å²) in [4.78, 5) is 25.0. The highest BCUT2D eigenvalue weighted by Gasteiger charge is 2.37. The second-order valence-corrected chi connectivity index (χ2v) is 8.59. The van der Waals surface area contributed by atoms with Gasteiger partial charge in [-0.25, -0.2) is 22.4 Å². The molecule has 1 aliphatic rings. The van der Waals surface area contributed by atoms with Crippen molar-refractivity contribution in [3.05, 3.63) is 71.2 Å². The third-order valence-electron chi connectivity index (χ3n) is 4.61. The second-order valence-electron chi connectivity index (χ2n) is 6.60. The van der Waals surface area contributed by atoms with Gasteiger partial charge in [0.05, 0.1) is 36.0 Å². The summed E-state index contributed by atoms with van der Waals surface area (Å²) in [6, 6.07) is 9.32. The zero-order chi connectivity index (χ0) is 22.6. The van der Waals surface area contributed by atoms with Gasteiger partial charge in [-0.3, -0.25) is 0 Å². The van der Waals surface area contributed by atoms with Crippen LogP contribution in [-0.4, -0.2) is 39.9 Å². The number of hydrogen-bond donors (Lipinski definition) is 2. The number of rotatable bonds is 7. The normalized spacial score (nSPS) is 16.4. The topological polar surface area (TPSA) is 111 Å². The molecule has 0 saturated carbocycles. The van der Waals surface area contributed by atoms with Gasteiger partial charge < -0.3 is 20.1 Å². The first-order valence-electron chi connectivity index (χ1n) is 9.35. The lowest BCUT2D eigenvalue weighted by Gasteiger charge is -2.30. The van der Waals surface area contributed by atoms with Gasteiger partial charge in [-0.05, 0) is 37.3 Å². The standard InChI is InChI=1S/C21H21FN2O6S/c1-3-30-20(25)18-16(12-31(27,28)14-10-8-13(22)9-11-14)23-21(26)24-19(18)15-6-4-5-7-17(15)29-2/h4-11,19H,3,12H2,1-2H3,(H2,23,24,26)/t19-/m1/s1. The first-order valence-corrected chi connectivity index (χ1v) is 11.0. The fourth-order valence-corrected chi connectivity index (χ4v) is 4.56. The minimum absolute atomic E-state index is 0.0485. The fraction of sp³-hybridized carbons (Fsp3) is 0.238. The zero-order valence-corrected chi connectivity index (χ0v) is 17.7. The van der Waals surface area contributed by atoms with Crippen molar-refractivity contribution in [1.82, 2.24) is 10.6 Å². The Morgan fingerprint density at radius 1 is 1.13 bits per heavy atom. The van der Waals surface area contributed by atoms with Gasteiger partial charge in [0.1, 0.15) is 11.6 Å². The van der Waals surface area contributed by atoms with Crippen molar-refractivity contribution in [2.45, 2.75) is 17.9 Å². The van der Waals surface area contributed by atoms with Crippen LogP contribution in [0.3, 0.4) is 0 Å². The molecular formula is C21H21FN2O6S. The van der Waals surface area contributed by atoms with Crippen LogP contribution in [0.5, 0.6) is 5.75 Å². The molecule has 2 N–H and O–H groups in total. The van der Waals surface area contributed by atoms with Crippen molar-refractivity contribution in [2.24, 2.45) is 0 Å². The Morgan fingerprint density at radius 3 is 2.45 bits per heavy atom. The average Bonchev–Trinajstić information content (AvgIpc) is 2.73. The van der Waals surface area contributed by atoms with E-state index in [1.165, 1.54) is 7.11 Å². The van der Waals surface area contributed by atoms with Crippen LogP contribution in [0, 0.1) is 5.82 Å². The van der Waals surface area contributed by atoms with E-state index >= 15 is 0 Å². The van der Waals surface area contributed by atoms with E-state index in [0.717, 1.165) is 24.3 Å². The summed E-state index contributed by atoms with van der Waals surface area (Å²) in [7, 11) is -2.57. The number of urea groups is 1. The highest BCUT2D eigenvalue weighted by Crippen LogP contribution is 2.34. The van der Waals surface area contributed by atoms with Gasteiger partial charge in [-0.15, -0.1) is 0 Å². The summed E-state index contributed by atoms with van der Waals surface area (Å²) in [6.07, 6.45) is 0. The van der Waals surface area contributed by atoms with Gasteiger partial charge >= 0.3 is 12.0 Å². The molecular weight excluding hydrogens is 427 g/mol. The van der Waals surface area contributed by atoms with E-state index in [2.05, 4.69) is 10.6 Å². The number of hydrogen-bond acceptors (Lipinski definition) is 6. The summed E-state index contributed by atoms with van der Waals surface area (Å²) < 4.78 is 49.5. The number of para-hydroxylation sites is 1. The molecule has 31 heavy (non-hydrogen) atoms. The highest BCUT2D eigenvalue weighted by molar-refractivity contribution is 7.91. The lowest BCUT2D eigenvalue weighted by atomic mass is 9.95. The number of halogens is 1. The van der Waals surface area contributed by atoms with Crippen LogP contribution in [0.4, 0.5) is 9.18 Å². The van der Waals surface area contributed by atoms with Crippen molar-refractivity contribution >= 4 is 21.8 Å². The summed E-state index contributed by atoms with van der Waals surface area (Å²) >= 11 is 0. The molecule has 0 aromatic heterocycles. The molecule has 2 aromatic rings. The first-order chi connectivity index (χ1) is 14.8. The van der Waals surface area contributed by atoms with Crippen LogP contribution in [0.2, 0.25) is 0 Å². The number of methoxy groups -OCH3 is 1. The maximum atomic E-state index is 13.2. The first kappa shape index (κ1) is 22.3. The predicted octanol–water partition coefficient (Wildman–Crippen LogP) is 2.48. The van der Waals surface area contributed by atoms with Crippen molar-refractivity contribution < 1.29 is 31.9 Å². The Kier molecular flexibility index (Phi) is 6.59. The molecule has 3 rings (SSSR count). The van der Waals surface area contributed by atoms with Gasteiger partial charge in [-0.1, -0.05) is 18.2 Å². The van der Waals surface area contributed by atoms with E-state index in [1.807, 2.05) is 0 Å². The summed E-state index contributed by atoms with van der Waals surface area (Å²) in [5.74, 6) is -1.66. The van der Waals surface area contributed by atoms with Crippen molar-refractivity contribution in [3.63, 3.8) is 0 Å². The van der Waals surface area contributed by atoms with Crippen LogP contribution >= 0.6 is 0 Å². The summed E-state index contributed by atoms with van der Waals surface area (Å²) in [5, 5.41) is 5.04. The molecule has 0 radical (unpaired) electrons. The molecule has 1 heterocycles. The van der Waals surface area contributed by atoms with E-state index in [4.69, 9.17) is 9.47 Å². The van der Waals surface area contributed by atoms with Crippen LogP contribution in [0.15, 0.2) is 64.7 Å². The number of amides is 2. The number of carbonyl (C=O) groups excluding carboxylic acids is 2. The Labute approximate surface area is 179 Å². The third-order valence-corrected chi connectivity index (χ3v) is 6.27. The Morgan fingerprint density at radius 2 is 1.81 bits per heavy atom. The summed E-state index contributed by atoms with van der Waals surface area (Å²) in [6.45, 7) is 1.66. The SMILES string of the molecule is CCOC(=O)C1=C(CS(=O)(=O)c2ccc(F)cc2)NC(=O)N[C@@H]1c1ccccc1OC. The smallest absolute Gasteiger partial charge is 0.338 e. The minimum Gasteiger partial charge on any atom is -0.496 e. The molecule has 0 saturated heterocycles. The van der Waals surface area contributed by atoms with E-state index in [-0.39, 0.29) is 22.8 Å². The zero-order valence-electron chi connectivity index (χ0n) is 16.8. The van der Waals surface area contributed by atoms with Gasteiger partial charge in [0, 0.05) is 11.3 Å². The average molecular weight is 448 g/mol. The molecule has 0 aliphatic carbocycles. The molecule has 0 spiro atoms. The predicted molar refractivity (Wildman–Crippen MR) is 110 cm³/mol. The van der Waals surface area contributed by atoms with E-state index in [1.54, 1.807) is 31.2 Å². The van der Waals surface area contributed by atoms with Gasteiger partial charge in [0.15, 0.2) is 9.84 Å². The van der Waals surface area contributed by atoms with E-state index in [9.17, 15) is 22.4 Å². The third kappa shape index (κ3) is 4.85. The molecule has 2 amide bonds. The van der Waals surface area contributed by atoms with Crippen LogP contribution in [0.1, 0.15) is 18.5 Å². The molecule has 0 unspecified atom stereocenters.